The van der Waals surface area contributed by atoms with E-state index in [2.05, 4.69) is 34.5 Å². The van der Waals surface area contributed by atoms with Crippen LogP contribution in [0, 0.1) is 0 Å². The Morgan fingerprint density at radius 3 is 2.64 bits per heavy atom. The molecule has 0 saturated carbocycles. The Bertz CT molecular complexity index is 464. The third kappa shape index (κ3) is 6.30. The van der Waals surface area contributed by atoms with Crippen molar-refractivity contribution in [3.05, 3.63) is 34.9 Å². The molecule has 0 aliphatic carbocycles. The van der Waals surface area contributed by atoms with Gasteiger partial charge in [-0.2, -0.15) is 0 Å². The zero-order valence-electron chi connectivity index (χ0n) is 13.3. The first-order chi connectivity index (χ1) is 10.2. The second-order valence-electron chi connectivity index (χ2n) is 5.48. The minimum Gasteiger partial charge on any atom is -0.357 e. The summed E-state index contributed by atoms with van der Waals surface area (Å²) in [7, 11) is 2.19. The minimum absolute atomic E-state index is 0. The van der Waals surface area contributed by atoms with Gasteiger partial charge in [0, 0.05) is 24.2 Å². The number of halogens is 2. The van der Waals surface area contributed by atoms with Crippen molar-refractivity contribution < 1.29 is 0 Å². The molecule has 0 spiro atoms. The predicted molar refractivity (Wildman–Crippen MR) is 105 cm³/mol. The fraction of sp³-hybridized carbons (Fsp3) is 0.562. The Balaban J connectivity index is 0.00000242. The number of hydrogen-bond donors (Lipinski definition) is 2. The van der Waals surface area contributed by atoms with Crippen LogP contribution >= 0.6 is 35.6 Å². The lowest BCUT2D eigenvalue weighted by atomic mass is 10.2. The molecule has 124 valence electrons. The van der Waals surface area contributed by atoms with Crippen molar-refractivity contribution in [3.8, 4) is 0 Å². The zero-order chi connectivity index (χ0) is 15.1. The number of rotatable bonds is 5. The van der Waals surface area contributed by atoms with Gasteiger partial charge >= 0.3 is 0 Å². The Morgan fingerprint density at radius 2 is 2.05 bits per heavy atom. The summed E-state index contributed by atoms with van der Waals surface area (Å²) in [5.41, 5.74) is 1.16. The summed E-state index contributed by atoms with van der Waals surface area (Å²) in [5.74, 6) is 0.882. The van der Waals surface area contributed by atoms with E-state index in [1.165, 1.54) is 19.4 Å². The van der Waals surface area contributed by atoms with E-state index in [9.17, 15) is 0 Å². The number of guanidine groups is 1. The van der Waals surface area contributed by atoms with Gasteiger partial charge in [-0.05, 0) is 51.1 Å². The van der Waals surface area contributed by atoms with Gasteiger partial charge in [0.1, 0.15) is 0 Å². The molecule has 1 aromatic carbocycles. The van der Waals surface area contributed by atoms with Crippen LogP contribution in [0.4, 0.5) is 0 Å². The van der Waals surface area contributed by atoms with Crippen LogP contribution in [-0.2, 0) is 6.54 Å². The van der Waals surface area contributed by atoms with E-state index in [0.717, 1.165) is 29.6 Å². The Morgan fingerprint density at radius 1 is 1.32 bits per heavy atom. The van der Waals surface area contributed by atoms with Crippen LogP contribution in [0.2, 0.25) is 5.02 Å². The van der Waals surface area contributed by atoms with Gasteiger partial charge in [-0.25, -0.2) is 4.99 Å². The van der Waals surface area contributed by atoms with Gasteiger partial charge in [0.15, 0.2) is 5.96 Å². The second-order valence-corrected chi connectivity index (χ2v) is 5.92. The van der Waals surface area contributed by atoms with E-state index < -0.39 is 0 Å². The molecule has 1 aliphatic rings. The zero-order valence-corrected chi connectivity index (χ0v) is 16.4. The summed E-state index contributed by atoms with van der Waals surface area (Å²) >= 11 is 5.90. The van der Waals surface area contributed by atoms with Crippen molar-refractivity contribution in [1.29, 1.82) is 0 Å². The molecular weight excluding hydrogens is 411 g/mol. The van der Waals surface area contributed by atoms with Crippen LogP contribution in [0.3, 0.4) is 0 Å². The molecule has 1 fully saturated rings. The first-order valence-corrected chi connectivity index (χ1v) is 8.03. The van der Waals surface area contributed by atoms with E-state index in [-0.39, 0.29) is 24.0 Å². The molecule has 0 aromatic heterocycles. The SMILES string of the molecule is CCNC(=NCc1ccc(Cl)cc1)NCC1CCCN1C.I. The molecule has 22 heavy (non-hydrogen) atoms. The molecular formula is C16H26ClIN4. The second kappa shape index (κ2) is 10.3. The van der Waals surface area contributed by atoms with Crippen LogP contribution in [0.15, 0.2) is 29.3 Å². The lowest BCUT2D eigenvalue weighted by molar-refractivity contribution is 0.309. The highest BCUT2D eigenvalue weighted by atomic mass is 127. The lowest BCUT2D eigenvalue weighted by Crippen LogP contribution is -2.44. The normalized spacial score (nSPS) is 18.9. The predicted octanol–water partition coefficient (Wildman–Crippen LogP) is 3.11. The lowest BCUT2D eigenvalue weighted by Gasteiger charge is -2.21. The molecule has 1 heterocycles. The highest BCUT2D eigenvalue weighted by molar-refractivity contribution is 14.0. The van der Waals surface area contributed by atoms with Crippen LogP contribution in [0.5, 0.6) is 0 Å². The van der Waals surface area contributed by atoms with E-state index in [4.69, 9.17) is 11.6 Å². The van der Waals surface area contributed by atoms with Crippen molar-refractivity contribution in [2.75, 3.05) is 26.7 Å². The van der Waals surface area contributed by atoms with Crippen molar-refractivity contribution in [2.45, 2.75) is 32.4 Å². The monoisotopic (exact) mass is 436 g/mol. The van der Waals surface area contributed by atoms with Crippen LogP contribution in [0.1, 0.15) is 25.3 Å². The maximum atomic E-state index is 5.90. The summed E-state index contributed by atoms with van der Waals surface area (Å²) in [6.45, 7) is 5.76. The molecule has 2 N–H and O–H groups in total. The summed E-state index contributed by atoms with van der Waals surface area (Å²) < 4.78 is 0. The molecule has 1 aliphatic heterocycles. The van der Waals surface area contributed by atoms with Crippen molar-refractivity contribution in [2.24, 2.45) is 4.99 Å². The fourth-order valence-corrected chi connectivity index (χ4v) is 2.68. The van der Waals surface area contributed by atoms with Gasteiger partial charge < -0.3 is 15.5 Å². The maximum Gasteiger partial charge on any atom is 0.191 e. The smallest absolute Gasteiger partial charge is 0.191 e. The van der Waals surface area contributed by atoms with Gasteiger partial charge in [0.2, 0.25) is 0 Å². The maximum absolute atomic E-state index is 5.90. The minimum atomic E-state index is 0. The third-order valence-corrected chi connectivity index (χ3v) is 4.11. The summed E-state index contributed by atoms with van der Waals surface area (Å²) in [6, 6.07) is 8.45. The molecule has 6 heteroatoms. The Labute approximate surface area is 155 Å². The molecule has 2 rings (SSSR count). The van der Waals surface area contributed by atoms with Gasteiger partial charge in [-0.1, -0.05) is 23.7 Å². The molecule has 1 unspecified atom stereocenters. The van der Waals surface area contributed by atoms with Crippen molar-refractivity contribution in [1.82, 2.24) is 15.5 Å². The Kier molecular flexibility index (Phi) is 9.12. The highest BCUT2D eigenvalue weighted by Crippen LogP contribution is 2.13. The van der Waals surface area contributed by atoms with Gasteiger partial charge in [0.05, 0.1) is 6.54 Å². The number of hydrogen-bond acceptors (Lipinski definition) is 2. The number of nitrogens with one attached hydrogen (secondary N) is 2. The molecule has 1 saturated heterocycles. The average Bonchev–Trinajstić information content (AvgIpc) is 2.89. The van der Waals surface area contributed by atoms with Gasteiger partial charge in [-0.15, -0.1) is 24.0 Å². The fourth-order valence-electron chi connectivity index (χ4n) is 2.55. The number of nitrogens with zero attached hydrogens (tertiary/aromatic N) is 2. The molecule has 0 bridgehead atoms. The van der Waals surface area contributed by atoms with Crippen molar-refractivity contribution in [3.63, 3.8) is 0 Å². The van der Waals surface area contributed by atoms with Gasteiger partial charge in [0.25, 0.3) is 0 Å². The molecule has 4 nitrogen and oxygen atoms in total. The topological polar surface area (TPSA) is 39.7 Å². The van der Waals surface area contributed by atoms with E-state index in [1.807, 2.05) is 24.3 Å². The van der Waals surface area contributed by atoms with Gasteiger partial charge in [-0.3, -0.25) is 0 Å². The largest absolute Gasteiger partial charge is 0.357 e. The first kappa shape index (κ1) is 19.5. The first-order valence-electron chi connectivity index (χ1n) is 7.66. The molecule has 0 radical (unpaired) electrons. The van der Waals surface area contributed by atoms with E-state index in [1.54, 1.807) is 0 Å². The number of likely N-dealkylation sites (N-methyl/N-ethyl adjacent to an activating group) is 1. The number of aliphatic imine (C=N–C) groups is 1. The number of benzene rings is 1. The summed E-state index contributed by atoms with van der Waals surface area (Å²) in [5, 5.41) is 7.50. The summed E-state index contributed by atoms with van der Waals surface area (Å²) in [4.78, 5) is 7.04. The average molecular weight is 437 g/mol. The van der Waals surface area contributed by atoms with Crippen LogP contribution in [0.25, 0.3) is 0 Å². The highest BCUT2D eigenvalue weighted by Gasteiger charge is 2.20. The third-order valence-electron chi connectivity index (χ3n) is 3.85. The molecule has 0 amide bonds. The van der Waals surface area contributed by atoms with Crippen molar-refractivity contribution >= 4 is 41.5 Å². The van der Waals surface area contributed by atoms with Crippen LogP contribution in [-0.4, -0.2) is 43.6 Å². The summed E-state index contributed by atoms with van der Waals surface area (Å²) in [6.07, 6.45) is 2.56. The van der Waals surface area contributed by atoms with Crippen LogP contribution < -0.4 is 10.6 Å². The van der Waals surface area contributed by atoms with E-state index >= 15 is 0 Å². The number of likely N-dealkylation sites (tertiary alicyclic amines) is 1. The molecule has 1 atom stereocenters. The van der Waals surface area contributed by atoms with E-state index in [0.29, 0.717) is 12.6 Å². The Hall–Kier alpha value is -0.530. The molecule has 1 aromatic rings. The quantitative estimate of drug-likeness (QED) is 0.423. The standard InChI is InChI=1S/C16H25ClN4.HI/c1-3-18-16(20-12-15-5-4-10-21(15)2)19-11-13-6-8-14(17)9-7-13;/h6-9,15H,3-5,10-12H2,1-2H3,(H2,18,19,20);1H.